The Balaban J connectivity index is 3.63. The Morgan fingerprint density at radius 1 is 1.50 bits per heavy atom. The van der Waals surface area contributed by atoms with Gasteiger partial charge in [-0.1, -0.05) is 5.92 Å². The van der Waals surface area contributed by atoms with Crippen LogP contribution in [0.5, 0.6) is 0 Å². The average Bonchev–Trinajstić information content (AvgIpc) is 1.95. The topological polar surface area (TPSA) is 35.5 Å². The van der Waals surface area contributed by atoms with Crippen molar-refractivity contribution < 1.29 is 27.4 Å². The summed E-state index contributed by atoms with van der Waals surface area (Å²) < 4.78 is 41.6. The van der Waals surface area contributed by atoms with Crippen LogP contribution in [0.1, 0.15) is 6.92 Å². The van der Waals surface area contributed by atoms with Crippen molar-refractivity contribution in [3.63, 3.8) is 0 Å². The van der Waals surface area contributed by atoms with Crippen LogP contribution in [0.3, 0.4) is 0 Å². The third kappa shape index (κ3) is 6.74. The predicted molar refractivity (Wildman–Crippen MR) is 31.9 cm³/mol. The first kappa shape index (κ1) is 10.6. The van der Waals surface area contributed by atoms with Crippen LogP contribution in [0.2, 0.25) is 0 Å². The van der Waals surface area contributed by atoms with E-state index in [0.29, 0.717) is 0 Å². The van der Waals surface area contributed by atoms with Gasteiger partial charge in [-0.15, -0.1) is 0 Å². The standard InChI is InChI=1S/C6H5F3O3/c1-2-3-11-5(10)12-4-6(7,8)9/h4H2,1H3. The zero-order valence-electron chi connectivity index (χ0n) is 6.07. The van der Waals surface area contributed by atoms with E-state index in [1.165, 1.54) is 6.92 Å². The van der Waals surface area contributed by atoms with Crippen molar-refractivity contribution in [2.24, 2.45) is 0 Å². The summed E-state index contributed by atoms with van der Waals surface area (Å²) in [6.45, 7) is -0.311. The zero-order valence-corrected chi connectivity index (χ0v) is 6.07. The van der Waals surface area contributed by atoms with Crippen molar-refractivity contribution in [3.05, 3.63) is 0 Å². The summed E-state index contributed by atoms with van der Waals surface area (Å²) in [7, 11) is 0. The quantitative estimate of drug-likeness (QED) is 0.457. The molecular weight excluding hydrogens is 177 g/mol. The third-order valence-electron chi connectivity index (χ3n) is 0.590. The van der Waals surface area contributed by atoms with Gasteiger partial charge in [0.1, 0.15) is 6.11 Å². The van der Waals surface area contributed by atoms with Gasteiger partial charge in [-0.3, -0.25) is 0 Å². The van der Waals surface area contributed by atoms with E-state index in [1.807, 2.05) is 0 Å². The molecule has 0 aliphatic carbocycles. The smallest absolute Gasteiger partial charge is 0.424 e. The molecule has 3 nitrogen and oxygen atoms in total. The molecule has 0 unspecified atom stereocenters. The van der Waals surface area contributed by atoms with Gasteiger partial charge in [0, 0.05) is 6.92 Å². The minimum atomic E-state index is -4.54. The maximum absolute atomic E-state index is 11.4. The maximum Gasteiger partial charge on any atom is 0.523 e. The van der Waals surface area contributed by atoms with Crippen molar-refractivity contribution in [2.45, 2.75) is 13.1 Å². The van der Waals surface area contributed by atoms with Gasteiger partial charge in [-0.25, -0.2) is 4.79 Å². The van der Waals surface area contributed by atoms with Gasteiger partial charge >= 0.3 is 12.3 Å². The Hall–Kier alpha value is -1.38. The van der Waals surface area contributed by atoms with E-state index in [4.69, 9.17) is 0 Å². The summed E-state index contributed by atoms with van der Waals surface area (Å²) >= 11 is 0. The molecule has 0 aromatic carbocycles. The highest BCUT2D eigenvalue weighted by atomic mass is 19.4. The van der Waals surface area contributed by atoms with E-state index >= 15 is 0 Å². The molecule has 12 heavy (non-hydrogen) atoms. The van der Waals surface area contributed by atoms with Crippen LogP contribution < -0.4 is 0 Å². The first-order chi connectivity index (χ1) is 5.45. The van der Waals surface area contributed by atoms with Gasteiger partial charge in [0.25, 0.3) is 0 Å². The number of carbonyl (C=O) groups is 1. The predicted octanol–water partition coefficient (Wildman–Crippen LogP) is 1.68. The normalized spacial score (nSPS) is 9.67. The number of halogens is 3. The van der Waals surface area contributed by atoms with Crippen molar-refractivity contribution in [2.75, 3.05) is 6.61 Å². The second-order valence-electron chi connectivity index (χ2n) is 1.61. The van der Waals surface area contributed by atoms with Gasteiger partial charge in [-0.05, 0) is 0 Å². The number of rotatable bonds is 1. The Labute approximate surface area is 66.4 Å². The SMILES string of the molecule is CC#COC(=O)OCC(F)(F)F. The third-order valence-corrected chi connectivity index (χ3v) is 0.590. The molecule has 0 radical (unpaired) electrons. The molecule has 0 heterocycles. The van der Waals surface area contributed by atoms with Gasteiger partial charge < -0.3 is 9.47 Å². The summed E-state index contributed by atoms with van der Waals surface area (Å²) in [5.74, 6) is 2.14. The molecular formula is C6H5F3O3. The van der Waals surface area contributed by atoms with Gasteiger partial charge in [0.15, 0.2) is 6.61 Å². The van der Waals surface area contributed by atoms with Crippen molar-refractivity contribution in [1.29, 1.82) is 0 Å². The van der Waals surface area contributed by atoms with Gasteiger partial charge in [0.05, 0.1) is 0 Å². The average molecular weight is 182 g/mol. The second kappa shape index (κ2) is 4.49. The van der Waals surface area contributed by atoms with Crippen LogP contribution in [0.25, 0.3) is 0 Å². The van der Waals surface area contributed by atoms with Crippen molar-refractivity contribution in [1.82, 2.24) is 0 Å². The molecule has 0 N–H and O–H groups in total. The fraction of sp³-hybridized carbons (Fsp3) is 0.500. The minimum absolute atomic E-state index is 1.36. The maximum atomic E-state index is 11.4. The lowest BCUT2D eigenvalue weighted by Gasteiger charge is -2.04. The second-order valence-corrected chi connectivity index (χ2v) is 1.61. The van der Waals surface area contributed by atoms with E-state index < -0.39 is 18.9 Å². The van der Waals surface area contributed by atoms with Gasteiger partial charge in [0.2, 0.25) is 0 Å². The van der Waals surface area contributed by atoms with Crippen LogP contribution in [0.15, 0.2) is 0 Å². The molecule has 0 saturated heterocycles. The Bertz CT molecular complexity index is 210. The summed E-state index contributed by atoms with van der Waals surface area (Å²) in [6, 6.07) is 0. The Kier molecular flexibility index (Phi) is 3.97. The fourth-order valence-corrected chi connectivity index (χ4v) is 0.263. The molecule has 0 amide bonds. The molecule has 0 aromatic rings. The summed E-state index contributed by atoms with van der Waals surface area (Å²) in [4.78, 5) is 10.2. The highest BCUT2D eigenvalue weighted by Gasteiger charge is 2.29. The van der Waals surface area contributed by atoms with Crippen molar-refractivity contribution in [3.8, 4) is 12.0 Å². The number of hydrogen-bond acceptors (Lipinski definition) is 3. The number of hydrogen-bond donors (Lipinski definition) is 0. The Morgan fingerprint density at radius 2 is 2.08 bits per heavy atom. The summed E-state index contributed by atoms with van der Waals surface area (Å²) in [5.41, 5.74) is 0. The molecule has 6 heteroatoms. The number of alkyl halides is 3. The van der Waals surface area contributed by atoms with E-state index in [1.54, 1.807) is 6.11 Å². The highest BCUT2D eigenvalue weighted by Crippen LogP contribution is 2.14. The number of ether oxygens (including phenoxy) is 2. The molecule has 0 bridgehead atoms. The first-order valence-electron chi connectivity index (χ1n) is 2.78. The molecule has 0 fully saturated rings. The van der Waals surface area contributed by atoms with Crippen LogP contribution in [0.4, 0.5) is 18.0 Å². The van der Waals surface area contributed by atoms with Crippen LogP contribution in [0, 0.1) is 12.0 Å². The summed E-state index contributed by atoms with van der Waals surface area (Å²) in [5, 5.41) is 0. The van der Waals surface area contributed by atoms with Crippen LogP contribution >= 0.6 is 0 Å². The number of carbonyl (C=O) groups excluding carboxylic acids is 1. The zero-order chi connectivity index (χ0) is 9.61. The van der Waals surface area contributed by atoms with E-state index in [0.717, 1.165) is 0 Å². The lowest BCUT2D eigenvalue weighted by atomic mass is 10.7. The molecule has 0 rings (SSSR count). The minimum Gasteiger partial charge on any atom is -0.424 e. The van der Waals surface area contributed by atoms with E-state index in [-0.39, 0.29) is 0 Å². The largest absolute Gasteiger partial charge is 0.523 e. The lowest BCUT2D eigenvalue weighted by molar-refractivity contribution is -0.163. The Morgan fingerprint density at radius 3 is 2.50 bits per heavy atom. The highest BCUT2D eigenvalue weighted by molar-refractivity contribution is 5.61. The lowest BCUT2D eigenvalue weighted by Crippen LogP contribution is -2.20. The van der Waals surface area contributed by atoms with Crippen LogP contribution in [-0.4, -0.2) is 18.9 Å². The first-order valence-corrected chi connectivity index (χ1v) is 2.78. The molecule has 0 aromatic heterocycles. The molecule has 68 valence electrons. The monoisotopic (exact) mass is 182 g/mol. The summed E-state index contributed by atoms with van der Waals surface area (Å²) in [6.07, 6.45) is -4.21. The van der Waals surface area contributed by atoms with Crippen LogP contribution in [-0.2, 0) is 9.47 Å². The van der Waals surface area contributed by atoms with E-state index in [9.17, 15) is 18.0 Å². The molecule has 0 saturated carbocycles. The fourth-order valence-electron chi connectivity index (χ4n) is 0.263. The molecule has 0 aliphatic rings. The van der Waals surface area contributed by atoms with Crippen molar-refractivity contribution >= 4 is 6.16 Å². The molecule has 0 atom stereocenters. The molecule has 0 aliphatic heterocycles. The molecule has 0 spiro atoms. The van der Waals surface area contributed by atoms with E-state index in [2.05, 4.69) is 15.4 Å². The van der Waals surface area contributed by atoms with Gasteiger partial charge in [-0.2, -0.15) is 13.2 Å².